The zero-order valence-corrected chi connectivity index (χ0v) is 12.1. The summed E-state index contributed by atoms with van der Waals surface area (Å²) in [5.41, 5.74) is 1.26. The molecule has 3 aromatic rings. The number of nitro groups is 1. The minimum Gasteiger partial charge on any atom is -0.355 e. The highest BCUT2D eigenvalue weighted by Crippen LogP contribution is 2.35. The number of para-hydroxylation sites is 1. The normalized spacial score (nSPS) is 10.3. The van der Waals surface area contributed by atoms with E-state index in [9.17, 15) is 14.5 Å². The Morgan fingerprint density at radius 3 is 2.09 bits per heavy atom. The van der Waals surface area contributed by atoms with Crippen LogP contribution in [0.15, 0.2) is 72.8 Å². The summed E-state index contributed by atoms with van der Waals surface area (Å²) in [6, 6.07) is 20.2. The van der Waals surface area contributed by atoms with Gasteiger partial charge in [0.25, 0.3) is 5.69 Å². The van der Waals surface area contributed by atoms with Gasteiger partial charge in [-0.2, -0.15) is 0 Å². The molecular formula is C18H13FN2O2. The number of nitro benzene ring substituents is 1. The fraction of sp³-hybridized carbons (Fsp3) is 0. The number of hydrogen-bond donors (Lipinski definition) is 1. The average Bonchev–Trinajstić information content (AvgIpc) is 2.56. The number of rotatable bonds is 4. The van der Waals surface area contributed by atoms with Crippen LogP contribution in [-0.4, -0.2) is 4.92 Å². The van der Waals surface area contributed by atoms with Gasteiger partial charge >= 0.3 is 0 Å². The Morgan fingerprint density at radius 2 is 1.48 bits per heavy atom. The van der Waals surface area contributed by atoms with Gasteiger partial charge in [-0.15, -0.1) is 0 Å². The van der Waals surface area contributed by atoms with Crippen LogP contribution in [0.1, 0.15) is 0 Å². The fourth-order valence-corrected chi connectivity index (χ4v) is 2.39. The monoisotopic (exact) mass is 308 g/mol. The first kappa shape index (κ1) is 14.7. The molecule has 0 unspecified atom stereocenters. The molecule has 3 aromatic carbocycles. The molecule has 3 rings (SSSR count). The van der Waals surface area contributed by atoms with Crippen molar-refractivity contribution in [1.29, 1.82) is 0 Å². The molecule has 0 spiro atoms. The lowest BCUT2D eigenvalue weighted by atomic mass is 10.0. The van der Waals surface area contributed by atoms with E-state index in [1.165, 1.54) is 12.1 Å². The van der Waals surface area contributed by atoms with Crippen molar-refractivity contribution in [3.63, 3.8) is 0 Å². The summed E-state index contributed by atoms with van der Waals surface area (Å²) in [5, 5.41) is 14.3. The zero-order chi connectivity index (χ0) is 16.2. The van der Waals surface area contributed by atoms with Gasteiger partial charge < -0.3 is 5.32 Å². The maximum atomic E-state index is 14.5. The van der Waals surface area contributed by atoms with Gasteiger partial charge in [0.1, 0.15) is 5.82 Å². The first-order chi connectivity index (χ1) is 11.1. The van der Waals surface area contributed by atoms with E-state index in [1.807, 2.05) is 18.2 Å². The number of anilines is 2. The predicted octanol–water partition coefficient (Wildman–Crippen LogP) is 5.14. The van der Waals surface area contributed by atoms with Crippen LogP contribution in [0.25, 0.3) is 11.1 Å². The van der Waals surface area contributed by atoms with E-state index < -0.39 is 10.7 Å². The quantitative estimate of drug-likeness (QED) is 0.536. The molecule has 0 amide bonds. The van der Waals surface area contributed by atoms with Crippen molar-refractivity contribution in [1.82, 2.24) is 0 Å². The van der Waals surface area contributed by atoms with Crippen LogP contribution >= 0.6 is 0 Å². The summed E-state index contributed by atoms with van der Waals surface area (Å²) in [4.78, 5) is 10.8. The molecule has 0 saturated carbocycles. The summed E-state index contributed by atoms with van der Waals surface area (Å²) in [7, 11) is 0. The Bertz CT molecular complexity index is 836. The lowest BCUT2D eigenvalue weighted by Gasteiger charge is -2.10. The molecular weight excluding hydrogens is 295 g/mol. The maximum absolute atomic E-state index is 14.5. The Hall–Kier alpha value is -3.21. The highest BCUT2D eigenvalue weighted by Gasteiger charge is 2.21. The molecule has 0 aromatic heterocycles. The smallest absolute Gasteiger partial charge is 0.282 e. The summed E-state index contributed by atoms with van der Waals surface area (Å²) < 4.78 is 14.5. The standard InChI is InChI=1S/C18H13FN2O2/c19-16-11-15(20-14-9-5-2-6-10-14)12-17(21(22)23)18(16)13-7-3-1-4-8-13/h1-12,20H. The molecule has 0 aliphatic carbocycles. The molecule has 1 N–H and O–H groups in total. The lowest BCUT2D eigenvalue weighted by molar-refractivity contribution is -0.384. The van der Waals surface area contributed by atoms with Gasteiger partial charge in [0.15, 0.2) is 0 Å². The summed E-state index contributed by atoms with van der Waals surface area (Å²) in [6.45, 7) is 0. The van der Waals surface area contributed by atoms with Crippen LogP contribution in [-0.2, 0) is 0 Å². The molecule has 0 bridgehead atoms. The van der Waals surface area contributed by atoms with E-state index in [0.29, 0.717) is 11.3 Å². The van der Waals surface area contributed by atoms with Crippen LogP contribution in [0.2, 0.25) is 0 Å². The van der Waals surface area contributed by atoms with Crippen molar-refractivity contribution in [2.45, 2.75) is 0 Å². The molecule has 0 radical (unpaired) electrons. The highest BCUT2D eigenvalue weighted by molar-refractivity contribution is 5.78. The second-order valence-electron chi connectivity index (χ2n) is 4.97. The topological polar surface area (TPSA) is 55.2 Å². The highest BCUT2D eigenvalue weighted by atomic mass is 19.1. The summed E-state index contributed by atoms with van der Waals surface area (Å²) >= 11 is 0. The molecule has 0 aliphatic rings. The first-order valence-corrected chi connectivity index (χ1v) is 7.00. The SMILES string of the molecule is O=[N+]([O-])c1cc(Nc2ccccc2)cc(F)c1-c1ccccc1. The van der Waals surface area contributed by atoms with Crippen molar-refractivity contribution in [3.8, 4) is 11.1 Å². The van der Waals surface area contributed by atoms with Crippen LogP contribution in [0, 0.1) is 15.9 Å². The minimum absolute atomic E-state index is 0.00536. The van der Waals surface area contributed by atoms with Crippen LogP contribution < -0.4 is 5.32 Å². The van der Waals surface area contributed by atoms with Gasteiger partial charge in [-0.1, -0.05) is 48.5 Å². The van der Waals surface area contributed by atoms with Gasteiger partial charge in [-0.25, -0.2) is 4.39 Å². The average molecular weight is 308 g/mol. The molecule has 4 nitrogen and oxygen atoms in total. The van der Waals surface area contributed by atoms with Crippen LogP contribution in [0.4, 0.5) is 21.5 Å². The number of hydrogen-bond acceptors (Lipinski definition) is 3. The summed E-state index contributed by atoms with van der Waals surface area (Å²) in [5.74, 6) is -0.635. The van der Waals surface area contributed by atoms with Gasteiger partial charge in [-0.05, 0) is 23.8 Å². The van der Waals surface area contributed by atoms with Crippen molar-refractivity contribution in [2.24, 2.45) is 0 Å². The van der Waals surface area contributed by atoms with E-state index >= 15 is 0 Å². The number of halogens is 1. The van der Waals surface area contributed by atoms with E-state index in [4.69, 9.17) is 0 Å². The largest absolute Gasteiger partial charge is 0.355 e. The Morgan fingerprint density at radius 1 is 0.870 bits per heavy atom. The van der Waals surface area contributed by atoms with Crippen molar-refractivity contribution >= 4 is 17.1 Å². The molecule has 114 valence electrons. The third kappa shape index (κ3) is 3.18. The molecule has 0 saturated heterocycles. The molecule has 0 heterocycles. The number of nitrogens with one attached hydrogen (secondary N) is 1. The van der Waals surface area contributed by atoms with Crippen LogP contribution in [0.3, 0.4) is 0 Å². The van der Waals surface area contributed by atoms with E-state index in [1.54, 1.807) is 42.5 Å². The number of benzene rings is 3. The number of nitrogens with zero attached hydrogens (tertiary/aromatic N) is 1. The first-order valence-electron chi connectivity index (χ1n) is 7.00. The molecule has 23 heavy (non-hydrogen) atoms. The van der Waals surface area contributed by atoms with Gasteiger partial charge in [-0.3, -0.25) is 10.1 Å². The second-order valence-corrected chi connectivity index (χ2v) is 4.97. The zero-order valence-electron chi connectivity index (χ0n) is 12.1. The fourth-order valence-electron chi connectivity index (χ4n) is 2.39. The van der Waals surface area contributed by atoms with Gasteiger partial charge in [0.05, 0.1) is 10.5 Å². The predicted molar refractivity (Wildman–Crippen MR) is 88.2 cm³/mol. The van der Waals surface area contributed by atoms with Gasteiger partial charge in [0.2, 0.25) is 0 Å². The summed E-state index contributed by atoms with van der Waals surface area (Å²) in [6.07, 6.45) is 0. The van der Waals surface area contributed by atoms with E-state index in [-0.39, 0.29) is 11.3 Å². The molecule has 0 fully saturated rings. The van der Waals surface area contributed by atoms with Crippen molar-refractivity contribution in [3.05, 3.63) is 88.7 Å². The van der Waals surface area contributed by atoms with Crippen molar-refractivity contribution < 1.29 is 9.31 Å². The Kier molecular flexibility index (Phi) is 4.01. The Balaban J connectivity index is 2.08. The third-order valence-electron chi connectivity index (χ3n) is 3.39. The second kappa shape index (κ2) is 6.27. The Labute approximate surface area is 132 Å². The maximum Gasteiger partial charge on any atom is 0.282 e. The van der Waals surface area contributed by atoms with Gasteiger partial charge in [0, 0.05) is 17.4 Å². The van der Waals surface area contributed by atoms with Crippen LogP contribution in [0.5, 0.6) is 0 Å². The molecule has 0 aliphatic heterocycles. The van der Waals surface area contributed by atoms with Crippen molar-refractivity contribution in [2.75, 3.05) is 5.32 Å². The lowest BCUT2D eigenvalue weighted by Crippen LogP contribution is -1.98. The van der Waals surface area contributed by atoms with E-state index in [2.05, 4.69) is 5.32 Å². The molecule has 0 atom stereocenters. The third-order valence-corrected chi connectivity index (χ3v) is 3.39. The minimum atomic E-state index is -0.635. The van der Waals surface area contributed by atoms with E-state index in [0.717, 1.165) is 5.69 Å². The molecule has 5 heteroatoms.